The van der Waals surface area contributed by atoms with Gasteiger partial charge in [0, 0.05) is 18.2 Å². The van der Waals surface area contributed by atoms with Gasteiger partial charge in [-0.1, -0.05) is 13.8 Å². The van der Waals surface area contributed by atoms with Crippen molar-refractivity contribution < 1.29 is 14.6 Å². The van der Waals surface area contributed by atoms with E-state index in [2.05, 4.69) is 19.2 Å². The van der Waals surface area contributed by atoms with Gasteiger partial charge in [-0.05, 0) is 24.1 Å². The lowest BCUT2D eigenvalue weighted by Crippen LogP contribution is -2.36. The van der Waals surface area contributed by atoms with Gasteiger partial charge in [0.2, 0.25) is 0 Å². The maximum Gasteiger partial charge on any atom is 0.123 e. The largest absolute Gasteiger partial charge is 0.497 e. The molecule has 0 aliphatic heterocycles. The van der Waals surface area contributed by atoms with Gasteiger partial charge in [0.25, 0.3) is 0 Å². The van der Waals surface area contributed by atoms with E-state index in [4.69, 9.17) is 9.47 Å². The van der Waals surface area contributed by atoms with E-state index in [1.54, 1.807) is 14.2 Å². The predicted molar refractivity (Wildman–Crippen MR) is 72.1 cm³/mol. The van der Waals surface area contributed by atoms with Crippen LogP contribution in [0.4, 0.5) is 0 Å². The fourth-order valence-corrected chi connectivity index (χ4v) is 1.77. The standard InChI is InChI=1S/C14H23NO3/c1-10(2)13(9-16)15-8-11-7-12(17-3)5-6-14(11)18-4/h5-7,10,13,15-16H,8-9H2,1-4H3/t13-/m1/s1. The van der Waals surface area contributed by atoms with Crippen LogP contribution in [-0.2, 0) is 6.54 Å². The quantitative estimate of drug-likeness (QED) is 0.778. The first-order chi connectivity index (χ1) is 8.62. The lowest BCUT2D eigenvalue weighted by molar-refractivity contribution is 0.209. The van der Waals surface area contributed by atoms with Crippen LogP contribution in [0, 0.1) is 5.92 Å². The molecular formula is C14H23NO3. The monoisotopic (exact) mass is 253 g/mol. The molecule has 1 rings (SSSR count). The van der Waals surface area contributed by atoms with Gasteiger partial charge >= 0.3 is 0 Å². The number of aliphatic hydroxyl groups excluding tert-OH is 1. The summed E-state index contributed by atoms with van der Waals surface area (Å²) in [5, 5.41) is 12.6. The number of rotatable bonds is 7. The third-order valence-electron chi connectivity index (χ3n) is 3.04. The highest BCUT2D eigenvalue weighted by Gasteiger charge is 2.12. The molecule has 2 N–H and O–H groups in total. The molecule has 0 saturated carbocycles. The van der Waals surface area contributed by atoms with Gasteiger partial charge in [0.15, 0.2) is 0 Å². The van der Waals surface area contributed by atoms with Crippen LogP contribution in [0.2, 0.25) is 0 Å². The van der Waals surface area contributed by atoms with E-state index in [0.29, 0.717) is 12.5 Å². The molecule has 0 radical (unpaired) electrons. The first kappa shape index (κ1) is 14.8. The van der Waals surface area contributed by atoms with Gasteiger partial charge in [0.1, 0.15) is 11.5 Å². The highest BCUT2D eigenvalue weighted by atomic mass is 16.5. The van der Waals surface area contributed by atoms with E-state index >= 15 is 0 Å². The van der Waals surface area contributed by atoms with Gasteiger partial charge in [-0.25, -0.2) is 0 Å². The molecule has 1 aromatic rings. The van der Waals surface area contributed by atoms with Crippen molar-refractivity contribution in [1.29, 1.82) is 0 Å². The third-order valence-corrected chi connectivity index (χ3v) is 3.04. The summed E-state index contributed by atoms with van der Waals surface area (Å²) >= 11 is 0. The molecule has 0 spiro atoms. The van der Waals surface area contributed by atoms with Crippen LogP contribution in [0.5, 0.6) is 11.5 Å². The van der Waals surface area contributed by atoms with Crippen molar-refractivity contribution in [2.45, 2.75) is 26.4 Å². The topological polar surface area (TPSA) is 50.7 Å². The first-order valence-electron chi connectivity index (χ1n) is 6.17. The predicted octanol–water partition coefficient (Wildman–Crippen LogP) is 1.81. The summed E-state index contributed by atoms with van der Waals surface area (Å²) < 4.78 is 10.5. The number of ether oxygens (including phenoxy) is 2. The molecule has 0 aromatic heterocycles. The second kappa shape index (κ2) is 7.24. The van der Waals surface area contributed by atoms with Crippen LogP contribution >= 0.6 is 0 Å². The Balaban J connectivity index is 2.75. The van der Waals surface area contributed by atoms with Gasteiger partial charge in [-0.2, -0.15) is 0 Å². The van der Waals surface area contributed by atoms with Crippen molar-refractivity contribution in [1.82, 2.24) is 5.32 Å². The molecule has 0 aliphatic rings. The van der Waals surface area contributed by atoms with Crippen molar-refractivity contribution in [3.8, 4) is 11.5 Å². The Morgan fingerprint density at radius 3 is 2.44 bits per heavy atom. The smallest absolute Gasteiger partial charge is 0.123 e. The molecule has 0 amide bonds. The van der Waals surface area contributed by atoms with Crippen molar-refractivity contribution in [2.24, 2.45) is 5.92 Å². The summed E-state index contributed by atoms with van der Waals surface area (Å²) in [6.45, 7) is 4.93. The molecule has 0 bridgehead atoms. The minimum Gasteiger partial charge on any atom is -0.497 e. The maximum atomic E-state index is 9.28. The van der Waals surface area contributed by atoms with E-state index in [1.165, 1.54) is 0 Å². The average Bonchev–Trinajstić information content (AvgIpc) is 2.38. The van der Waals surface area contributed by atoms with Gasteiger partial charge in [-0.3, -0.25) is 0 Å². The fourth-order valence-electron chi connectivity index (χ4n) is 1.77. The van der Waals surface area contributed by atoms with Gasteiger partial charge in [-0.15, -0.1) is 0 Å². The summed E-state index contributed by atoms with van der Waals surface area (Å²) in [4.78, 5) is 0. The second-order valence-electron chi connectivity index (χ2n) is 4.59. The van der Waals surface area contributed by atoms with Crippen LogP contribution in [-0.4, -0.2) is 32.0 Å². The zero-order valence-corrected chi connectivity index (χ0v) is 11.6. The molecular weight excluding hydrogens is 230 g/mol. The SMILES string of the molecule is COc1ccc(OC)c(CN[C@H](CO)C(C)C)c1. The van der Waals surface area contributed by atoms with Gasteiger partial charge in [0.05, 0.1) is 20.8 Å². The highest BCUT2D eigenvalue weighted by molar-refractivity contribution is 5.40. The van der Waals surface area contributed by atoms with Crippen LogP contribution < -0.4 is 14.8 Å². The Morgan fingerprint density at radius 2 is 1.94 bits per heavy atom. The lowest BCUT2D eigenvalue weighted by atomic mass is 10.0. The number of hydrogen-bond donors (Lipinski definition) is 2. The molecule has 1 aromatic carbocycles. The summed E-state index contributed by atoms with van der Waals surface area (Å²) in [5.74, 6) is 2.01. The molecule has 0 saturated heterocycles. The van der Waals surface area contributed by atoms with Crippen molar-refractivity contribution in [3.63, 3.8) is 0 Å². The average molecular weight is 253 g/mol. The van der Waals surface area contributed by atoms with Crippen LogP contribution in [0.1, 0.15) is 19.4 Å². The number of aliphatic hydroxyl groups is 1. The van der Waals surface area contributed by atoms with E-state index in [0.717, 1.165) is 17.1 Å². The maximum absolute atomic E-state index is 9.28. The third kappa shape index (κ3) is 3.89. The summed E-state index contributed by atoms with van der Waals surface area (Å²) in [5.41, 5.74) is 1.02. The zero-order chi connectivity index (χ0) is 13.5. The van der Waals surface area contributed by atoms with E-state index in [9.17, 15) is 5.11 Å². The minimum absolute atomic E-state index is 0.0842. The molecule has 4 nitrogen and oxygen atoms in total. The van der Waals surface area contributed by atoms with E-state index in [-0.39, 0.29) is 12.6 Å². The van der Waals surface area contributed by atoms with Crippen LogP contribution in [0.3, 0.4) is 0 Å². The normalized spacial score (nSPS) is 12.6. The van der Waals surface area contributed by atoms with Gasteiger partial charge < -0.3 is 19.9 Å². The van der Waals surface area contributed by atoms with Crippen molar-refractivity contribution >= 4 is 0 Å². The molecule has 0 aliphatic carbocycles. The fraction of sp³-hybridized carbons (Fsp3) is 0.571. The lowest BCUT2D eigenvalue weighted by Gasteiger charge is -2.21. The van der Waals surface area contributed by atoms with Crippen molar-refractivity contribution in [2.75, 3.05) is 20.8 Å². The zero-order valence-electron chi connectivity index (χ0n) is 11.6. The summed E-state index contributed by atoms with van der Waals surface area (Å²) in [6.07, 6.45) is 0. The highest BCUT2D eigenvalue weighted by Crippen LogP contribution is 2.24. The molecule has 0 heterocycles. The molecule has 4 heteroatoms. The first-order valence-corrected chi connectivity index (χ1v) is 6.17. The molecule has 0 fully saturated rings. The minimum atomic E-state index is 0.0842. The molecule has 0 unspecified atom stereocenters. The van der Waals surface area contributed by atoms with Crippen LogP contribution in [0.15, 0.2) is 18.2 Å². The molecule has 102 valence electrons. The second-order valence-corrected chi connectivity index (χ2v) is 4.59. The Morgan fingerprint density at radius 1 is 1.22 bits per heavy atom. The van der Waals surface area contributed by atoms with Crippen molar-refractivity contribution in [3.05, 3.63) is 23.8 Å². The number of hydrogen-bond acceptors (Lipinski definition) is 4. The van der Waals surface area contributed by atoms with E-state index < -0.39 is 0 Å². The Bertz CT molecular complexity index is 366. The Kier molecular flexibility index (Phi) is 5.95. The molecule has 18 heavy (non-hydrogen) atoms. The Labute approximate surface area is 109 Å². The number of methoxy groups -OCH3 is 2. The summed E-state index contributed by atoms with van der Waals surface area (Å²) in [7, 11) is 3.29. The summed E-state index contributed by atoms with van der Waals surface area (Å²) in [6, 6.07) is 5.79. The van der Waals surface area contributed by atoms with E-state index in [1.807, 2.05) is 18.2 Å². The molecule has 1 atom stereocenters. The number of benzene rings is 1. The van der Waals surface area contributed by atoms with Crippen LogP contribution in [0.25, 0.3) is 0 Å². The Hall–Kier alpha value is -1.26. The number of nitrogens with one attached hydrogen (secondary N) is 1.